The summed E-state index contributed by atoms with van der Waals surface area (Å²) in [5.41, 5.74) is -5.30. The topological polar surface area (TPSA) is 239 Å². The lowest BCUT2D eigenvalue weighted by Gasteiger charge is -2.60. The van der Waals surface area contributed by atoms with E-state index in [4.69, 9.17) is 14.2 Å². The van der Waals surface area contributed by atoms with E-state index in [2.05, 4.69) is 12.2 Å². The number of carbonyl (C=O) groups excluding carboxylic acids is 3. The highest BCUT2D eigenvalue weighted by molar-refractivity contribution is 5.91. The molecule has 21 atom stereocenters. The van der Waals surface area contributed by atoms with Crippen molar-refractivity contribution in [3.63, 3.8) is 0 Å². The molecule has 0 radical (unpaired) electrons. The molecule has 0 aromatic carbocycles. The molecule has 8 N–H and O–H groups in total. The molecule has 0 aromatic rings. The van der Waals surface area contributed by atoms with E-state index in [-0.39, 0.29) is 79.2 Å². The van der Waals surface area contributed by atoms with Gasteiger partial charge in [-0.2, -0.15) is 0 Å². The van der Waals surface area contributed by atoms with Crippen molar-refractivity contribution in [2.75, 3.05) is 33.7 Å². The molecule has 7 unspecified atom stereocenters. The average molecular weight is 964 g/mol. The Morgan fingerprint density at radius 1 is 0.941 bits per heavy atom. The van der Waals surface area contributed by atoms with Crippen molar-refractivity contribution in [3.05, 3.63) is 11.6 Å². The molecule has 16 nitrogen and oxygen atoms in total. The molecule has 4 aliphatic carbocycles. The summed E-state index contributed by atoms with van der Waals surface area (Å²) in [5, 5.41) is 87.1. The second-order valence-electron chi connectivity index (χ2n) is 23.8. The number of allylic oxidation sites excluding steroid dienone is 1. The maximum Gasteiger partial charge on any atom is 0.311 e. The van der Waals surface area contributed by atoms with Crippen LogP contribution in [0.25, 0.3) is 0 Å². The van der Waals surface area contributed by atoms with Gasteiger partial charge in [-0.1, -0.05) is 40.2 Å². The maximum absolute atomic E-state index is 14.3. The van der Waals surface area contributed by atoms with Crippen LogP contribution in [0.15, 0.2) is 11.6 Å². The number of hydrogen-bond donors (Lipinski definition) is 8. The van der Waals surface area contributed by atoms with Gasteiger partial charge < -0.3 is 60.2 Å². The normalized spacial score (nSPS) is 48.9. The van der Waals surface area contributed by atoms with E-state index in [0.29, 0.717) is 45.2 Å². The second-order valence-corrected chi connectivity index (χ2v) is 23.8. The number of aliphatic hydroxyl groups excluding tert-OH is 4. The summed E-state index contributed by atoms with van der Waals surface area (Å²) >= 11 is 0. The fraction of sp³-hybridized carbons (Fsp3) is 0.904. The van der Waals surface area contributed by atoms with Gasteiger partial charge in [-0.25, -0.2) is 0 Å². The summed E-state index contributed by atoms with van der Waals surface area (Å²) in [5.74, 6) is -3.33. The van der Waals surface area contributed by atoms with Gasteiger partial charge in [0, 0.05) is 49.5 Å². The first-order valence-corrected chi connectivity index (χ1v) is 25.9. The molecular weight excluding hydrogens is 875 g/mol. The van der Waals surface area contributed by atoms with E-state index in [1.54, 1.807) is 33.8 Å². The number of hydrogen-bond acceptors (Lipinski definition) is 15. The third-order valence-corrected chi connectivity index (χ3v) is 18.6. The summed E-state index contributed by atoms with van der Waals surface area (Å²) in [6.45, 7) is 18.5. The molecular formula is C52H89N3O13. The highest BCUT2D eigenvalue weighted by Gasteiger charge is 2.68. The number of esters is 1. The summed E-state index contributed by atoms with van der Waals surface area (Å²) in [6.07, 6.45) is -1.37. The van der Waals surface area contributed by atoms with Crippen LogP contribution in [0.1, 0.15) is 140 Å². The zero-order valence-corrected chi connectivity index (χ0v) is 43.2. The molecule has 0 spiro atoms. The van der Waals surface area contributed by atoms with Crippen molar-refractivity contribution in [2.24, 2.45) is 46.3 Å². The van der Waals surface area contributed by atoms with Gasteiger partial charge in [-0.15, -0.1) is 0 Å². The highest BCUT2D eigenvalue weighted by atomic mass is 16.7. The van der Waals surface area contributed by atoms with E-state index in [0.717, 1.165) is 18.4 Å². The predicted octanol–water partition coefficient (Wildman–Crippen LogP) is 3.09. The average Bonchev–Trinajstić information content (AvgIpc) is 3.54. The number of ketones is 1. The molecule has 390 valence electrons. The fourth-order valence-electron chi connectivity index (χ4n) is 14.6. The minimum atomic E-state index is -1.93. The molecule has 6 rings (SSSR count). The summed E-state index contributed by atoms with van der Waals surface area (Å²) in [6, 6.07) is -1.03. The quantitative estimate of drug-likeness (QED) is 0.122. The van der Waals surface area contributed by atoms with Gasteiger partial charge in [-0.05, 0) is 148 Å². The fourth-order valence-corrected chi connectivity index (χ4v) is 14.6. The van der Waals surface area contributed by atoms with Gasteiger partial charge >= 0.3 is 5.97 Å². The molecule has 2 heterocycles. The lowest BCUT2D eigenvalue weighted by atomic mass is 9.45. The van der Waals surface area contributed by atoms with Gasteiger partial charge in [0.2, 0.25) is 0 Å². The zero-order valence-electron chi connectivity index (χ0n) is 43.2. The SMILES string of the molecule is CC[C@H]1OC(=O)[C@H](C)[C@@H](O)[C@H](C)C(OC2OC(C)C[C@@H](N(C)C)C2O)[C@](C)(O)C[C@@H](C)CN(CCCNC(=O)[C@@]2(O)CCC3C4CCC5=CC(=O)CC[C@]5(C)C4[C@@H](O)C[C@@]32C)[C@H](C)[C@@H](O)[C@]1(C)O. The van der Waals surface area contributed by atoms with Gasteiger partial charge in [0.25, 0.3) is 5.91 Å². The monoisotopic (exact) mass is 964 g/mol. The Morgan fingerprint density at radius 3 is 2.26 bits per heavy atom. The maximum atomic E-state index is 14.3. The van der Waals surface area contributed by atoms with Gasteiger partial charge in [0.15, 0.2) is 12.1 Å². The van der Waals surface area contributed by atoms with Crippen LogP contribution in [0.3, 0.4) is 0 Å². The van der Waals surface area contributed by atoms with Crippen LogP contribution in [0.5, 0.6) is 0 Å². The first-order chi connectivity index (χ1) is 31.5. The first-order valence-electron chi connectivity index (χ1n) is 25.9. The second kappa shape index (κ2) is 20.8. The van der Waals surface area contributed by atoms with Crippen LogP contribution in [-0.2, 0) is 28.6 Å². The minimum Gasteiger partial charge on any atom is -0.459 e. The number of carbonyl (C=O) groups is 3. The van der Waals surface area contributed by atoms with E-state index < -0.39 is 94.9 Å². The van der Waals surface area contributed by atoms with Crippen molar-refractivity contribution < 1.29 is 64.3 Å². The highest BCUT2D eigenvalue weighted by Crippen LogP contribution is 2.67. The Balaban J connectivity index is 1.20. The Labute approximate surface area is 405 Å². The largest absolute Gasteiger partial charge is 0.459 e. The molecule has 2 aliphatic heterocycles. The van der Waals surface area contributed by atoms with E-state index in [9.17, 15) is 50.1 Å². The molecule has 1 amide bonds. The zero-order chi connectivity index (χ0) is 50.6. The van der Waals surface area contributed by atoms with Crippen molar-refractivity contribution >= 4 is 17.7 Å². The van der Waals surface area contributed by atoms with Crippen LogP contribution in [0.4, 0.5) is 0 Å². The van der Waals surface area contributed by atoms with Crippen molar-refractivity contribution in [2.45, 2.75) is 218 Å². The number of cyclic esters (lactones) is 1. The molecule has 68 heavy (non-hydrogen) atoms. The number of amides is 1. The third-order valence-electron chi connectivity index (χ3n) is 18.6. The molecule has 2 saturated heterocycles. The number of aliphatic hydroxyl groups is 7. The molecule has 6 aliphatic rings. The van der Waals surface area contributed by atoms with Crippen molar-refractivity contribution in [3.8, 4) is 0 Å². The third kappa shape index (κ3) is 10.3. The lowest BCUT2D eigenvalue weighted by molar-refractivity contribution is -0.299. The molecule has 16 heteroatoms. The summed E-state index contributed by atoms with van der Waals surface area (Å²) in [7, 11) is 3.72. The number of nitrogens with zero attached hydrogens (tertiary/aromatic N) is 2. The smallest absolute Gasteiger partial charge is 0.311 e. The van der Waals surface area contributed by atoms with Crippen LogP contribution in [-0.4, -0.2) is 175 Å². The van der Waals surface area contributed by atoms with Gasteiger partial charge in [0.1, 0.15) is 29.5 Å². The van der Waals surface area contributed by atoms with E-state index in [1.165, 1.54) is 13.8 Å². The summed E-state index contributed by atoms with van der Waals surface area (Å²) in [4.78, 5) is 44.3. The first kappa shape index (κ1) is 55.2. The van der Waals surface area contributed by atoms with Gasteiger partial charge in [-0.3, -0.25) is 19.3 Å². The Hall–Kier alpha value is -2.09. The van der Waals surface area contributed by atoms with E-state index >= 15 is 0 Å². The van der Waals surface area contributed by atoms with Crippen molar-refractivity contribution in [1.82, 2.24) is 15.1 Å². The van der Waals surface area contributed by atoms with Crippen molar-refractivity contribution in [1.29, 1.82) is 0 Å². The Kier molecular flexibility index (Phi) is 16.9. The number of rotatable bonds is 9. The Morgan fingerprint density at radius 2 is 1.62 bits per heavy atom. The Bertz CT molecular complexity index is 1830. The number of ether oxygens (including phenoxy) is 3. The molecule has 0 bridgehead atoms. The molecule has 5 fully saturated rings. The van der Waals surface area contributed by atoms with Crippen LogP contribution >= 0.6 is 0 Å². The summed E-state index contributed by atoms with van der Waals surface area (Å²) < 4.78 is 18.6. The van der Waals surface area contributed by atoms with Gasteiger partial charge in [0.05, 0.1) is 35.9 Å². The lowest BCUT2D eigenvalue weighted by Crippen LogP contribution is -2.63. The van der Waals surface area contributed by atoms with Crippen LogP contribution < -0.4 is 5.32 Å². The molecule has 0 aromatic heterocycles. The van der Waals surface area contributed by atoms with E-state index in [1.807, 2.05) is 44.7 Å². The number of fused-ring (bicyclic) bond motifs is 5. The standard InChI is InChI=1S/C52H89N3O13/c1-13-39-51(10,64)43(60)32(6)55(27-28(2)25-50(9,63)44(30(4)41(58)31(5)45(61)67-39)68-46-42(59)37(54(11)12)23-29(3)66-46)22-14-21-53-47(62)52(65)20-18-36-35-16-15-33-24-34(56)17-19-48(33,7)40(35)38(57)26-49(36,52)8/h24,28-32,35-44,46,57-60,63-65H,13-23,25-27H2,1-12H3,(H,53,62)/t28-,29?,30+,31-,32-,35?,36?,37-,38+,39-,40?,41+,42?,43-,44?,46?,48+,49+,50-,51-,52+/m1/s1. The van der Waals surface area contributed by atoms with Crippen LogP contribution in [0, 0.1) is 46.3 Å². The number of likely N-dealkylation sites (N-methyl/N-ethyl adjacent to an activating group) is 1. The minimum absolute atomic E-state index is 0.0288. The number of nitrogens with one attached hydrogen (secondary N) is 1. The van der Waals surface area contributed by atoms with Crippen LogP contribution in [0.2, 0.25) is 0 Å². The molecule has 3 saturated carbocycles. The predicted molar refractivity (Wildman–Crippen MR) is 255 cm³/mol.